The van der Waals surface area contributed by atoms with Gasteiger partial charge in [0.15, 0.2) is 0 Å². The Bertz CT molecular complexity index is 491. The van der Waals surface area contributed by atoms with Crippen LogP contribution in [0.25, 0.3) is 0 Å². The molecule has 0 saturated carbocycles. The molecular formula is C16H24N4O2. The number of amides is 2. The van der Waals surface area contributed by atoms with Crippen molar-refractivity contribution in [2.75, 3.05) is 51.7 Å². The van der Waals surface area contributed by atoms with E-state index in [4.69, 9.17) is 4.74 Å². The quantitative estimate of drug-likeness (QED) is 0.881. The van der Waals surface area contributed by atoms with E-state index in [1.165, 1.54) is 6.42 Å². The summed E-state index contributed by atoms with van der Waals surface area (Å²) < 4.78 is 5.12. The van der Waals surface area contributed by atoms with Crippen molar-refractivity contribution in [1.29, 1.82) is 0 Å². The highest BCUT2D eigenvalue weighted by Gasteiger charge is 2.27. The first kappa shape index (κ1) is 15.1. The number of anilines is 1. The van der Waals surface area contributed by atoms with Crippen molar-refractivity contribution in [1.82, 2.24) is 15.1 Å². The zero-order valence-electron chi connectivity index (χ0n) is 13.0. The number of hydrogen-bond acceptors (Lipinski definition) is 4. The van der Waals surface area contributed by atoms with E-state index in [2.05, 4.69) is 15.5 Å². The Morgan fingerprint density at radius 2 is 1.95 bits per heavy atom. The van der Waals surface area contributed by atoms with Gasteiger partial charge < -0.3 is 20.3 Å². The molecule has 2 amide bonds. The van der Waals surface area contributed by atoms with Crippen molar-refractivity contribution < 1.29 is 9.53 Å². The molecule has 0 radical (unpaired) electrons. The van der Waals surface area contributed by atoms with Gasteiger partial charge in [-0.2, -0.15) is 0 Å². The zero-order chi connectivity index (χ0) is 15.4. The fourth-order valence-electron chi connectivity index (χ4n) is 3.12. The Kier molecular flexibility index (Phi) is 4.80. The molecule has 1 aromatic rings. The second-order valence-corrected chi connectivity index (χ2v) is 5.83. The molecule has 2 saturated heterocycles. The minimum absolute atomic E-state index is 0.0191. The lowest BCUT2D eigenvalue weighted by Crippen LogP contribution is -2.53. The van der Waals surface area contributed by atoms with E-state index in [-0.39, 0.29) is 6.03 Å². The molecule has 0 spiro atoms. The van der Waals surface area contributed by atoms with Crippen LogP contribution < -0.4 is 15.4 Å². The largest absolute Gasteiger partial charge is 0.497 e. The third kappa shape index (κ3) is 3.51. The summed E-state index contributed by atoms with van der Waals surface area (Å²) in [4.78, 5) is 16.7. The maximum absolute atomic E-state index is 12.3. The summed E-state index contributed by atoms with van der Waals surface area (Å²) in [6.07, 6.45) is 1.22. The minimum Gasteiger partial charge on any atom is -0.497 e. The van der Waals surface area contributed by atoms with Crippen molar-refractivity contribution in [3.8, 4) is 5.75 Å². The first-order valence-electron chi connectivity index (χ1n) is 7.91. The van der Waals surface area contributed by atoms with E-state index in [1.54, 1.807) is 7.11 Å². The van der Waals surface area contributed by atoms with Gasteiger partial charge in [-0.15, -0.1) is 0 Å². The lowest BCUT2D eigenvalue weighted by molar-refractivity contribution is 0.119. The number of urea groups is 1. The van der Waals surface area contributed by atoms with Gasteiger partial charge in [0, 0.05) is 44.5 Å². The van der Waals surface area contributed by atoms with Gasteiger partial charge in [-0.3, -0.25) is 4.90 Å². The van der Waals surface area contributed by atoms with Gasteiger partial charge in [-0.25, -0.2) is 4.79 Å². The summed E-state index contributed by atoms with van der Waals surface area (Å²) in [5, 5.41) is 6.35. The first-order valence-corrected chi connectivity index (χ1v) is 7.91. The van der Waals surface area contributed by atoms with Gasteiger partial charge in [0.2, 0.25) is 0 Å². The Morgan fingerprint density at radius 1 is 1.23 bits per heavy atom. The van der Waals surface area contributed by atoms with Crippen LogP contribution in [0.1, 0.15) is 6.42 Å². The minimum atomic E-state index is -0.0191. The molecule has 6 heteroatoms. The number of methoxy groups -OCH3 is 1. The molecule has 2 aliphatic heterocycles. The number of nitrogens with one attached hydrogen (secondary N) is 2. The fraction of sp³-hybridized carbons (Fsp3) is 0.562. The average molecular weight is 304 g/mol. The number of carbonyl (C=O) groups excluding carboxylic acids is 1. The van der Waals surface area contributed by atoms with Crippen LogP contribution in [0.15, 0.2) is 24.3 Å². The summed E-state index contributed by atoms with van der Waals surface area (Å²) in [5.41, 5.74) is 0.799. The van der Waals surface area contributed by atoms with Crippen molar-refractivity contribution in [2.24, 2.45) is 0 Å². The molecular weight excluding hydrogens is 280 g/mol. The van der Waals surface area contributed by atoms with Gasteiger partial charge in [0.1, 0.15) is 5.75 Å². The van der Waals surface area contributed by atoms with Gasteiger partial charge in [-0.05, 0) is 37.2 Å². The summed E-state index contributed by atoms with van der Waals surface area (Å²) >= 11 is 0. The lowest BCUT2D eigenvalue weighted by atomic mass is 10.2. The fourth-order valence-corrected chi connectivity index (χ4v) is 3.12. The summed E-state index contributed by atoms with van der Waals surface area (Å²) in [5.74, 6) is 0.789. The Hall–Kier alpha value is -1.79. The molecule has 0 aromatic heterocycles. The maximum atomic E-state index is 12.3. The molecule has 6 nitrogen and oxygen atoms in total. The third-order valence-electron chi connectivity index (χ3n) is 4.49. The van der Waals surface area contributed by atoms with Crippen molar-refractivity contribution >= 4 is 11.7 Å². The highest BCUT2D eigenvalue weighted by Crippen LogP contribution is 2.16. The van der Waals surface area contributed by atoms with Crippen LogP contribution in [-0.4, -0.2) is 68.3 Å². The SMILES string of the molecule is COc1ccc(NC(=O)N2CCN(C3CCNC3)CC2)cc1. The monoisotopic (exact) mass is 304 g/mol. The van der Waals surface area contributed by atoms with Crippen LogP contribution in [0.3, 0.4) is 0 Å². The molecule has 1 aromatic carbocycles. The van der Waals surface area contributed by atoms with Crippen molar-refractivity contribution in [2.45, 2.75) is 12.5 Å². The van der Waals surface area contributed by atoms with Crippen LogP contribution in [0.5, 0.6) is 5.75 Å². The molecule has 120 valence electrons. The van der Waals surface area contributed by atoms with E-state index < -0.39 is 0 Å². The predicted octanol–water partition coefficient (Wildman–Crippen LogP) is 1.21. The number of benzene rings is 1. The number of nitrogens with zero attached hydrogens (tertiary/aromatic N) is 2. The van der Waals surface area contributed by atoms with E-state index in [0.29, 0.717) is 6.04 Å². The predicted molar refractivity (Wildman–Crippen MR) is 86.4 cm³/mol. The van der Waals surface area contributed by atoms with Crippen LogP contribution in [0.2, 0.25) is 0 Å². The molecule has 1 atom stereocenters. The zero-order valence-corrected chi connectivity index (χ0v) is 13.0. The van der Waals surface area contributed by atoms with E-state index in [9.17, 15) is 4.79 Å². The second kappa shape index (κ2) is 6.98. The van der Waals surface area contributed by atoms with Crippen molar-refractivity contribution in [3.05, 3.63) is 24.3 Å². The van der Waals surface area contributed by atoms with Crippen LogP contribution >= 0.6 is 0 Å². The topological polar surface area (TPSA) is 56.8 Å². The summed E-state index contributed by atoms with van der Waals surface area (Å²) in [6, 6.07) is 8.04. The van der Waals surface area contributed by atoms with Gasteiger partial charge >= 0.3 is 6.03 Å². The third-order valence-corrected chi connectivity index (χ3v) is 4.49. The molecule has 2 fully saturated rings. The Morgan fingerprint density at radius 3 is 2.55 bits per heavy atom. The number of carbonyl (C=O) groups is 1. The van der Waals surface area contributed by atoms with Gasteiger partial charge in [0.05, 0.1) is 7.11 Å². The standard InChI is InChI=1S/C16H24N4O2/c1-22-15-4-2-13(3-5-15)18-16(21)20-10-8-19(9-11-20)14-6-7-17-12-14/h2-5,14,17H,6-12H2,1H3,(H,18,21). The maximum Gasteiger partial charge on any atom is 0.321 e. The Balaban J connectivity index is 1.48. The van der Waals surface area contributed by atoms with Crippen molar-refractivity contribution in [3.63, 3.8) is 0 Å². The normalized spacial score (nSPS) is 22.6. The number of hydrogen-bond donors (Lipinski definition) is 2. The molecule has 1 unspecified atom stereocenters. The van der Waals surface area contributed by atoms with Gasteiger partial charge in [-0.1, -0.05) is 0 Å². The molecule has 2 heterocycles. The number of rotatable bonds is 3. The number of ether oxygens (including phenoxy) is 1. The van der Waals surface area contributed by atoms with E-state index >= 15 is 0 Å². The molecule has 0 aliphatic carbocycles. The van der Waals surface area contributed by atoms with E-state index in [1.807, 2.05) is 29.2 Å². The smallest absolute Gasteiger partial charge is 0.321 e. The number of piperazine rings is 1. The lowest BCUT2D eigenvalue weighted by Gasteiger charge is -2.37. The molecule has 0 bridgehead atoms. The summed E-state index contributed by atoms with van der Waals surface area (Å²) in [6.45, 7) is 5.70. The van der Waals surface area contributed by atoms with Crippen LogP contribution in [-0.2, 0) is 0 Å². The highest BCUT2D eigenvalue weighted by molar-refractivity contribution is 5.89. The molecule has 2 N–H and O–H groups in total. The highest BCUT2D eigenvalue weighted by atomic mass is 16.5. The molecule has 3 rings (SSSR count). The van der Waals surface area contributed by atoms with Gasteiger partial charge in [0.25, 0.3) is 0 Å². The van der Waals surface area contributed by atoms with Crippen LogP contribution in [0, 0.1) is 0 Å². The first-order chi connectivity index (χ1) is 10.8. The molecule has 22 heavy (non-hydrogen) atoms. The molecule has 2 aliphatic rings. The second-order valence-electron chi connectivity index (χ2n) is 5.83. The van der Waals surface area contributed by atoms with Crippen LogP contribution in [0.4, 0.5) is 10.5 Å². The summed E-state index contributed by atoms with van der Waals surface area (Å²) in [7, 11) is 1.63. The Labute approximate surface area is 131 Å². The van der Waals surface area contributed by atoms with E-state index in [0.717, 1.165) is 50.7 Å². The average Bonchev–Trinajstić information content (AvgIpc) is 3.10.